The first-order valence-corrected chi connectivity index (χ1v) is 5.49. The lowest BCUT2D eigenvalue weighted by Crippen LogP contribution is -2.40. The Morgan fingerprint density at radius 3 is 2.29 bits per heavy atom. The summed E-state index contributed by atoms with van der Waals surface area (Å²) in [4.78, 5) is 11.0. The summed E-state index contributed by atoms with van der Waals surface area (Å²) in [6.45, 7) is 6.79. The largest absolute Gasteiger partial charge is 0.460 e. The van der Waals surface area contributed by atoms with Crippen molar-refractivity contribution in [2.45, 2.75) is 46.1 Å². The average Bonchev–Trinajstić information content (AvgIpc) is 2.21. The first kappa shape index (κ1) is 13.6. The molecule has 5 heteroatoms. The number of primary amides is 1. The fourth-order valence-corrected chi connectivity index (χ4v) is 1.39. The van der Waals surface area contributed by atoms with Crippen molar-refractivity contribution < 1.29 is 19.4 Å². The highest BCUT2D eigenvalue weighted by Gasteiger charge is 2.29. The van der Waals surface area contributed by atoms with Gasteiger partial charge < -0.3 is 20.3 Å². The van der Waals surface area contributed by atoms with E-state index < -0.39 is 11.5 Å². The Morgan fingerprint density at radius 2 is 1.76 bits per heavy atom. The standard InChI is InChI=1S/C12H19NO4/c1-7-8(2)17-10(9(3)16-7)5-6-12(4,15)11(13)14/h15H,5-6H2,1-4H3,(H2,13,14)/t12-/m1/s1. The topological polar surface area (TPSA) is 81.8 Å². The maximum Gasteiger partial charge on any atom is 0.249 e. The van der Waals surface area contributed by atoms with E-state index in [9.17, 15) is 9.90 Å². The maximum absolute atomic E-state index is 11.0. The molecule has 1 aliphatic heterocycles. The summed E-state index contributed by atoms with van der Waals surface area (Å²) in [5.41, 5.74) is 3.56. The molecule has 3 N–H and O–H groups in total. The van der Waals surface area contributed by atoms with Crippen molar-refractivity contribution >= 4 is 5.91 Å². The molecule has 0 saturated carbocycles. The van der Waals surface area contributed by atoms with Crippen LogP contribution in [0, 0.1) is 0 Å². The SMILES string of the molecule is CC1=C(C)OC(CC[C@@](C)(O)C(N)=O)=C(C)O1. The van der Waals surface area contributed by atoms with E-state index in [0.717, 1.165) is 0 Å². The number of amides is 1. The summed E-state index contributed by atoms with van der Waals surface area (Å²) in [5, 5.41) is 9.72. The molecule has 0 aromatic carbocycles. The number of allylic oxidation sites excluding steroid dienone is 4. The Kier molecular flexibility index (Phi) is 3.83. The molecule has 0 fully saturated rings. The Balaban J connectivity index is 2.65. The molecule has 1 heterocycles. The van der Waals surface area contributed by atoms with Crippen LogP contribution in [0.5, 0.6) is 0 Å². The van der Waals surface area contributed by atoms with Crippen LogP contribution in [-0.4, -0.2) is 16.6 Å². The van der Waals surface area contributed by atoms with Crippen LogP contribution in [0.2, 0.25) is 0 Å². The first-order valence-electron chi connectivity index (χ1n) is 5.49. The van der Waals surface area contributed by atoms with Crippen molar-refractivity contribution in [2.75, 3.05) is 0 Å². The quantitative estimate of drug-likeness (QED) is 0.782. The zero-order valence-corrected chi connectivity index (χ0v) is 10.7. The van der Waals surface area contributed by atoms with Crippen molar-refractivity contribution in [1.29, 1.82) is 0 Å². The van der Waals surface area contributed by atoms with E-state index in [2.05, 4.69) is 0 Å². The van der Waals surface area contributed by atoms with Crippen molar-refractivity contribution in [3.8, 4) is 0 Å². The molecule has 0 bridgehead atoms. The lowest BCUT2D eigenvalue weighted by molar-refractivity contribution is -0.135. The average molecular weight is 241 g/mol. The van der Waals surface area contributed by atoms with Gasteiger partial charge in [-0.2, -0.15) is 0 Å². The van der Waals surface area contributed by atoms with E-state index in [0.29, 0.717) is 29.5 Å². The van der Waals surface area contributed by atoms with Gasteiger partial charge in [-0.3, -0.25) is 4.79 Å². The molecule has 0 unspecified atom stereocenters. The normalized spacial score (nSPS) is 19.6. The van der Waals surface area contributed by atoms with Gasteiger partial charge >= 0.3 is 0 Å². The van der Waals surface area contributed by atoms with E-state index in [4.69, 9.17) is 15.2 Å². The van der Waals surface area contributed by atoms with Gasteiger partial charge in [-0.1, -0.05) is 0 Å². The Bertz CT molecular complexity index is 393. The van der Waals surface area contributed by atoms with Gasteiger partial charge in [0.25, 0.3) is 0 Å². The minimum atomic E-state index is -1.53. The van der Waals surface area contributed by atoms with Gasteiger partial charge in [-0.25, -0.2) is 0 Å². The lowest BCUT2D eigenvalue weighted by Gasteiger charge is -2.24. The summed E-state index contributed by atoms with van der Waals surface area (Å²) in [7, 11) is 0. The van der Waals surface area contributed by atoms with Gasteiger partial charge in [-0.15, -0.1) is 0 Å². The van der Waals surface area contributed by atoms with Gasteiger partial charge in [0.2, 0.25) is 5.91 Å². The summed E-state index contributed by atoms with van der Waals surface area (Å²) in [5.74, 6) is 1.93. The fourth-order valence-electron chi connectivity index (χ4n) is 1.39. The van der Waals surface area contributed by atoms with Crippen LogP contribution < -0.4 is 5.73 Å². The molecule has 0 saturated heterocycles. The molecular weight excluding hydrogens is 222 g/mol. The minimum Gasteiger partial charge on any atom is -0.460 e. The molecule has 0 spiro atoms. The third kappa shape index (κ3) is 3.23. The number of aliphatic hydroxyl groups is 1. The highest BCUT2D eigenvalue weighted by Crippen LogP contribution is 2.28. The molecule has 5 nitrogen and oxygen atoms in total. The Labute approximate surface area is 101 Å². The highest BCUT2D eigenvalue weighted by molar-refractivity contribution is 5.82. The molecule has 1 rings (SSSR count). The monoisotopic (exact) mass is 241 g/mol. The number of carbonyl (C=O) groups excluding carboxylic acids is 1. The predicted molar refractivity (Wildman–Crippen MR) is 62.3 cm³/mol. The summed E-state index contributed by atoms with van der Waals surface area (Å²) in [6, 6.07) is 0. The third-order valence-corrected chi connectivity index (χ3v) is 2.84. The van der Waals surface area contributed by atoms with Crippen LogP contribution in [0.25, 0.3) is 0 Å². The van der Waals surface area contributed by atoms with Gasteiger partial charge in [0.05, 0.1) is 0 Å². The lowest BCUT2D eigenvalue weighted by atomic mass is 9.98. The first-order chi connectivity index (χ1) is 7.74. The van der Waals surface area contributed by atoms with Crippen molar-refractivity contribution in [2.24, 2.45) is 5.73 Å². The molecule has 0 aliphatic carbocycles. The number of nitrogens with two attached hydrogens (primary N) is 1. The number of carbonyl (C=O) groups is 1. The van der Waals surface area contributed by atoms with Crippen LogP contribution in [-0.2, 0) is 14.3 Å². The molecule has 1 aliphatic rings. The van der Waals surface area contributed by atoms with Crippen LogP contribution in [0.4, 0.5) is 0 Å². The molecule has 0 aromatic heterocycles. The van der Waals surface area contributed by atoms with E-state index in [1.54, 1.807) is 13.8 Å². The molecule has 1 amide bonds. The molecular formula is C12H19NO4. The van der Waals surface area contributed by atoms with Crippen LogP contribution in [0.3, 0.4) is 0 Å². The second-order valence-electron chi connectivity index (χ2n) is 4.43. The number of rotatable bonds is 4. The van der Waals surface area contributed by atoms with E-state index in [1.807, 2.05) is 6.92 Å². The Hall–Kier alpha value is -1.49. The van der Waals surface area contributed by atoms with E-state index in [-0.39, 0.29) is 6.42 Å². The predicted octanol–water partition coefficient (Wildman–Crippen LogP) is 1.53. The molecule has 96 valence electrons. The highest BCUT2D eigenvalue weighted by atomic mass is 16.6. The maximum atomic E-state index is 11.0. The smallest absolute Gasteiger partial charge is 0.249 e. The Morgan fingerprint density at radius 1 is 1.24 bits per heavy atom. The van der Waals surface area contributed by atoms with Crippen LogP contribution in [0.15, 0.2) is 23.0 Å². The number of ether oxygens (including phenoxy) is 2. The fraction of sp³-hybridized carbons (Fsp3) is 0.583. The van der Waals surface area contributed by atoms with Crippen LogP contribution in [0.1, 0.15) is 40.5 Å². The molecule has 0 aromatic rings. The summed E-state index contributed by atoms with van der Waals surface area (Å²) < 4.78 is 11.0. The minimum absolute atomic E-state index is 0.199. The number of hydrogen-bond donors (Lipinski definition) is 2. The summed E-state index contributed by atoms with van der Waals surface area (Å²) >= 11 is 0. The zero-order chi connectivity index (χ0) is 13.2. The van der Waals surface area contributed by atoms with Gasteiger partial charge in [0.15, 0.2) is 0 Å². The number of hydrogen-bond acceptors (Lipinski definition) is 4. The summed E-state index contributed by atoms with van der Waals surface area (Å²) in [6.07, 6.45) is 0.594. The zero-order valence-electron chi connectivity index (χ0n) is 10.7. The van der Waals surface area contributed by atoms with E-state index in [1.165, 1.54) is 6.92 Å². The molecule has 17 heavy (non-hydrogen) atoms. The second kappa shape index (κ2) is 4.79. The molecule has 1 atom stereocenters. The van der Waals surface area contributed by atoms with Crippen molar-refractivity contribution in [3.63, 3.8) is 0 Å². The van der Waals surface area contributed by atoms with Crippen molar-refractivity contribution in [1.82, 2.24) is 0 Å². The third-order valence-electron chi connectivity index (χ3n) is 2.84. The van der Waals surface area contributed by atoms with Gasteiger partial charge in [-0.05, 0) is 34.1 Å². The van der Waals surface area contributed by atoms with Gasteiger partial charge in [0.1, 0.15) is 28.6 Å². The van der Waals surface area contributed by atoms with Crippen molar-refractivity contribution in [3.05, 3.63) is 23.0 Å². The second-order valence-corrected chi connectivity index (χ2v) is 4.43. The van der Waals surface area contributed by atoms with Crippen LogP contribution >= 0.6 is 0 Å². The van der Waals surface area contributed by atoms with Gasteiger partial charge in [0, 0.05) is 6.42 Å². The van der Waals surface area contributed by atoms with E-state index >= 15 is 0 Å². The molecule has 0 radical (unpaired) electrons.